The first-order chi connectivity index (χ1) is 23.2. The smallest absolute Gasteiger partial charge is 0.429 e. The average Bonchev–Trinajstić information content (AvgIpc) is 2.99. The normalized spacial score (nSPS) is 13.5. The molecule has 0 fully saturated rings. The first-order valence-electron chi connectivity index (χ1n) is 14.7. The minimum absolute atomic E-state index is 0.302. The van der Waals surface area contributed by atoms with Gasteiger partial charge in [-0.05, 0) is 53.3 Å². The minimum Gasteiger partial charge on any atom is -0.429 e. The highest BCUT2D eigenvalue weighted by Gasteiger charge is 2.69. The van der Waals surface area contributed by atoms with E-state index in [0.29, 0.717) is 34.6 Å². The van der Waals surface area contributed by atoms with E-state index in [9.17, 15) is 45.8 Å². The van der Waals surface area contributed by atoms with Gasteiger partial charge in [-0.1, -0.05) is 75.6 Å². The first kappa shape index (κ1) is 36.5. The van der Waals surface area contributed by atoms with Crippen LogP contribution in [0.2, 0.25) is 0 Å². The highest BCUT2D eigenvalue weighted by Crippen LogP contribution is 3.02. The Morgan fingerprint density at radius 1 is 0.620 bits per heavy atom. The number of ether oxygens (including phenoxy) is 1. The Morgan fingerprint density at radius 3 is 1.66 bits per heavy atom. The van der Waals surface area contributed by atoms with Crippen LogP contribution in [0.4, 0.5) is 50.2 Å². The molecule has 50 heavy (non-hydrogen) atoms. The molecule has 0 spiro atoms. The van der Waals surface area contributed by atoms with Gasteiger partial charge in [0.25, 0.3) is 0 Å². The molecule has 0 aliphatic rings. The largest absolute Gasteiger partial charge is 0.432 e. The molecule has 3 nitrogen and oxygen atoms in total. The topological polar surface area (TPSA) is 35.0 Å². The summed E-state index contributed by atoms with van der Waals surface area (Å²) < 4.78 is 171. The van der Waals surface area contributed by atoms with Gasteiger partial charge in [-0.15, -0.1) is 0 Å². The van der Waals surface area contributed by atoms with Crippen LogP contribution in [0.5, 0.6) is 5.75 Å². The van der Waals surface area contributed by atoms with Crippen molar-refractivity contribution in [3.63, 3.8) is 0 Å². The van der Waals surface area contributed by atoms with Crippen molar-refractivity contribution in [3.8, 4) is 39.4 Å². The average molecular weight is 737 g/mol. The highest BCUT2D eigenvalue weighted by atomic mass is 32.5. The Morgan fingerprint density at radius 2 is 1.14 bits per heavy atom. The van der Waals surface area contributed by atoms with E-state index in [1.165, 1.54) is 6.07 Å². The second-order valence-electron chi connectivity index (χ2n) is 11.3. The fraction of sp³-hybridized carbons (Fsp3) is 0.176. The molecule has 0 bridgehead atoms. The number of unbranched alkanes of at least 4 members (excludes halogenated alkanes) is 2. The summed E-state index contributed by atoms with van der Waals surface area (Å²) >= 11 is 0. The predicted molar refractivity (Wildman–Crippen MR) is 164 cm³/mol. The summed E-state index contributed by atoms with van der Waals surface area (Å²) in [5.41, 5.74) is -0.539. The fourth-order valence-electron chi connectivity index (χ4n) is 5.12. The predicted octanol–water partition coefficient (Wildman–Crippen LogP) is 12.7. The van der Waals surface area contributed by atoms with Gasteiger partial charge in [-0.2, -0.15) is 8.78 Å². The monoisotopic (exact) mass is 736 g/mol. The van der Waals surface area contributed by atoms with Crippen molar-refractivity contribution < 1.29 is 54.9 Å². The summed E-state index contributed by atoms with van der Waals surface area (Å²) in [5.74, 6) is -12.4. The second-order valence-corrected chi connectivity index (χ2v) is 13.6. The van der Waals surface area contributed by atoms with Crippen molar-refractivity contribution in [1.82, 2.24) is 9.97 Å². The highest BCUT2D eigenvalue weighted by molar-refractivity contribution is 8.45. The van der Waals surface area contributed by atoms with E-state index < -0.39 is 84.9 Å². The van der Waals surface area contributed by atoms with Crippen molar-refractivity contribution >= 4 is 10.2 Å². The fourth-order valence-corrected chi connectivity index (χ4v) is 5.98. The van der Waals surface area contributed by atoms with Crippen LogP contribution >= 0.6 is 10.2 Å². The maximum absolute atomic E-state index is 15.2. The second kappa shape index (κ2) is 12.5. The molecule has 5 rings (SSSR count). The van der Waals surface area contributed by atoms with Gasteiger partial charge in [0, 0.05) is 35.7 Å². The minimum atomic E-state index is -10.9. The van der Waals surface area contributed by atoms with E-state index in [1.54, 1.807) is 36.7 Å². The van der Waals surface area contributed by atoms with Crippen molar-refractivity contribution in [2.75, 3.05) is 0 Å². The summed E-state index contributed by atoms with van der Waals surface area (Å²) in [7, 11) is -10.9. The van der Waals surface area contributed by atoms with E-state index in [-0.39, 0.29) is 0 Å². The Hall–Kier alpha value is -4.73. The molecule has 5 aromatic rings. The van der Waals surface area contributed by atoms with E-state index in [1.807, 2.05) is 0 Å². The van der Waals surface area contributed by atoms with Crippen LogP contribution in [-0.2, 0) is 12.5 Å². The molecule has 1 heterocycles. The standard InChI is InChI=1S/C34H24F12N2OS/c1-2-3-4-5-19-17-47-33(48-18-19)21-8-6-20(7-9-21)22-10-11-25(26(35)12-22)23-13-27(36)31(28(37)14-23)34(40,41)49-24-15-29(38)32(30(39)16-24)50(42,43,44,45)46/h6-18H,2-5H2,1H3. The molecular formula is C34H24F12N2OS. The molecule has 0 aliphatic carbocycles. The van der Waals surface area contributed by atoms with Gasteiger partial charge in [0.2, 0.25) is 0 Å². The Labute approximate surface area is 277 Å². The molecule has 4 aromatic carbocycles. The molecule has 0 saturated heterocycles. The summed E-state index contributed by atoms with van der Waals surface area (Å²) in [6.07, 6.45) is 2.44. The van der Waals surface area contributed by atoms with Crippen LogP contribution < -0.4 is 4.74 Å². The summed E-state index contributed by atoms with van der Waals surface area (Å²) in [4.78, 5) is 5.17. The Bertz CT molecular complexity index is 2010. The van der Waals surface area contributed by atoms with E-state index in [2.05, 4.69) is 21.6 Å². The molecule has 266 valence electrons. The molecular weight excluding hydrogens is 712 g/mol. The first-order valence-corrected chi connectivity index (χ1v) is 16.6. The van der Waals surface area contributed by atoms with Crippen molar-refractivity contribution in [1.29, 1.82) is 0 Å². The van der Waals surface area contributed by atoms with Gasteiger partial charge in [0.1, 0.15) is 28.8 Å². The molecule has 0 amide bonds. The lowest BCUT2D eigenvalue weighted by Gasteiger charge is -2.40. The number of rotatable bonds is 11. The van der Waals surface area contributed by atoms with Crippen LogP contribution in [0.3, 0.4) is 0 Å². The van der Waals surface area contributed by atoms with Gasteiger partial charge in [0.15, 0.2) is 22.4 Å². The van der Waals surface area contributed by atoms with Crippen LogP contribution in [0.25, 0.3) is 33.6 Å². The number of aryl methyl sites for hydroxylation is 1. The number of benzene rings is 4. The number of hydrogen-bond acceptors (Lipinski definition) is 3. The Balaban J connectivity index is 1.35. The molecule has 0 aliphatic heterocycles. The third-order valence-corrected chi connectivity index (χ3v) is 8.63. The summed E-state index contributed by atoms with van der Waals surface area (Å²) in [6.45, 7) is 2.11. The molecule has 0 saturated carbocycles. The van der Waals surface area contributed by atoms with E-state index in [4.69, 9.17) is 0 Å². The molecule has 0 radical (unpaired) electrons. The van der Waals surface area contributed by atoms with Crippen LogP contribution in [0.15, 0.2) is 84.0 Å². The van der Waals surface area contributed by atoms with Crippen molar-refractivity contribution in [2.45, 2.75) is 43.6 Å². The summed E-state index contributed by atoms with van der Waals surface area (Å²) in [5, 5.41) is 0. The van der Waals surface area contributed by atoms with E-state index in [0.717, 1.165) is 43.4 Å². The number of alkyl halides is 2. The Kier molecular flexibility index (Phi) is 9.17. The number of hydrogen-bond donors (Lipinski definition) is 0. The lowest BCUT2D eigenvalue weighted by atomic mass is 9.97. The lowest BCUT2D eigenvalue weighted by molar-refractivity contribution is -0.189. The number of halogens is 12. The van der Waals surface area contributed by atoms with Gasteiger partial charge >= 0.3 is 16.3 Å². The van der Waals surface area contributed by atoms with Crippen LogP contribution in [-0.4, -0.2) is 9.97 Å². The zero-order valence-corrected chi connectivity index (χ0v) is 26.4. The van der Waals surface area contributed by atoms with Crippen molar-refractivity contribution in [2.24, 2.45) is 0 Å². The van der Waals surface area contributed by atoms with E-state index >= 15 is 4.39 Å². The molecule has 16 heteroatoms. The molecule has 0 N–H and O–H groups in total. The molecule has 0 atom stereocenters. The van der Waals surface area contributed by atoms with Gasteiger partial charge in [0.05, 0.1) is 0 Å². The summed E-state index contributed by atoms with van der Waals surface area (Å²) in [6, 6.07) is 9.64. The lowest BCUT2D eigenvalue weighted by Crippen LogP contribution is -2.25. The third kappa shape index (κ3) is 8.01. The van der Waals surface area contributed by atoms with Gasteiger partial charge in [-0.3, -0.25) is 0 Å². The number of nitrogens with zero attached hydrogens (tertiary/aromatic N) is 2. The van der Waals surface area contributed by atoms with Crippen LogP contribution in [0, 0.1) is 29.1 Å². The quantitative estimate of drug-likeness (QED) is 0.100. The molecule has 1 aromatic heterocycles. The molecule has 0 unspecified atom stereocenters. The maximum Gasteiger partial charge on any atom is 0.432 e. The third-order valence-electron chi connectivity index (χ3n) is 7.47. The maximum atomic E-state index is 15.2. The zero-order valence-electron chi connectivity index (χ0n) is 25.6. The van der Waals surface area contributed by atoms with Crippen LogP contribution in [0.1, 0.15) is 37.3 Å². The van der Waals surface area contributed by atoms with Crippen molar-refractivity contribution in [3.05, 3.63) is 119 Å². The number of aromatic nitrogens is 2. The zero-order chi connectivity index (χ0) is 36.7. The van der Waals surface area contributed by atoms with Gasteiger partial charge in [-0.25, -0.2) is 31.9 Å². The SMILES string of the molecule is CCCCCc1cnc(-c2ccc(-c3ccc(-c4cc(F)c(C(F)(F)Oc5cc(F)c(S(F)(F)(F)(F)F)c(F)c5)c(F)c4)c(F)c3)cc2)nc1. The van der Waals surface area contributed by atoms with Gasteiger partial charge < -0.3 is 4.74 Å².